The Morgan fingerprint density at radius 3 is 2.35 bits per heavy atom. The molecular weight excluding hydrogens is 391 g/mol. The fourth-order valence-corrected chi connectivity index (χ4v) is 2.36. The van der Waals surface area contributed by atoms with E-state index in [1.807, 2.05) is 30.3 Å². The SMILES string of the molecule is Fc1cccc(CBr)c1OCCOc1ccc(Br)cc1. The molecule has 0 unspecified atom stereocenters. The van der Waals surface area contributed by atoms with Crippen LogP contribution in [0.4, 0.5) is 4.39 Å². The molecule has 0 aromatic heterocycles. The van der Waals surface area contributed by atoms with Gasteiger partial charge in [-0.2, -0.15) is 0 Å². The smallest absolute Gasteiger partial charge is 0.165 e. The van der Waals surface area contributed by atoms with E-state index in [1.54, 1.807) is 6.07 Å². The lowest BCUT2D eigenvalue weighted by molar-refractivity contribution is 0.210. The van der Waals surface area contributed by atoms with Crippen molar-refractivity contribution in [2.45, 2.75) is 5.33 Å². The summed E-state index contributed by atoms with van der Waals surface area (Å²) in [5, 5.41) is 0.549. The molecule has 0 aliphatic heterocycles. The first-order chi connectivity index (χ1) is 9.70. The maximum Gasteiger partial charge on any atom is 0.165 e. The molecule has 0 bridgehead atoms. The zero-order chi connectivity index (χ0) is 14.4. The average molecular weight is 404 g/mol. The molecule has 0 saturated carbocycles. The van der Waals surface area contributed by atoms with E-state index in [2.05, 4.69) is 31.9 Å². The zero-order valence-electron chi connectivity index (χ0n) is 10.6. The van der Waals surface area contributed by atoms with Crippen molar-refractivity contribution in [2.24, 2.45) is 0 Å². The molecule has 0 amide bonds. The highest BCUT2D eigenvalue weighted by Crippen LogP contribution is 2.24. The van der Waals surface area contributed by atoms with Crippen LogP contribution in [0.2, 0.25) is 0 Å². The van der Waals surface area contributed by atoms with Crippen LogP contribution >= 0.6 is 31.9 Å². The predicted molar refractivity (Wildman–Crippen MR) is 84.2 cm³/mol. The van der Waals surface area contributed by atoms with Crippen molar-refractivity contribution < 1.29 is 13.9 Å². The van der Waals surface area contributed by atoms with Crippen LogP contribution in [0.5, 0.6) is 11.5 Å². The highest BCUT2D eigenvalue weighted by atomic mass is 79.9. The van der Waals surface area contributed by atoms with Gasteiger partial charge in [-0.15, -0.1) is 0 Å². The molecule has 0 aliphatic carbocycles. The molecule has 0 heterocycles. The summed E-state index contributed by atoms with van der Waals surface area (Å²) in [6, 6.07) is 12.4. The van der Waals surface area contributed by atoms with Gasteiger partial charge in [0, 0.05) is 15.4 Å². The number of rotatable bonds is 6. The van der Waals surface area contributed by atoms with Gasteiger partial charge >= 0.3 is 0 Å². The molecule has 106 valence electrons. The summed E-state index contributed by atoms with van der Waals surface area (Å²) in [7, 11) is 0. The first kappa shape index (κ1) is 15.3. The van der Waals surface area contributed by atoms with E-state index in [9.17, 15) is 4.39 Å². The predicted octanol–water partition coefficient (Wildman–Crippen LogP) is 4.94. The summed E-state index contributed by atoms with van der Waals surface area (Å²) in [6.45, 7) is 0.648. The Morgan fingerprint density at radius 2 is 1.65 bits per heavy atom. The number of hydrogen-bond donors (Lipinski definition) is 0. The van der Waals surface area contributed by atoms with E-state index < -0.39 is 0 Å². The highest BCUT2D eigenvalue weighted by molar-refractivity contribution is 9.10. The summed E-state index contributed by atoms with van der Waals surface area (Å²) in [5.41, 5.74) is 0.786. The third kappa shape index (κ3) is 4.21. The van der Waals surface area contributed by atoms with Crippen LogP contribution in [-0.2, 0) is 5.33 Å². The third-order valence-electron chi connectivity index (χ3n) is 2.60. The van der Waals surface area contributed by atoms with Crippen LogP contribution in [0.15, 0.2) is 46.9 Å². The van der Waals surface area contributed by atoms with Crippen molar-refractivity contribution in [2.75, 3.05) is 13.2 Å². The van der Waals surface area contributed by atoms with Crippen LogP contribution in [0.3, 0.4) is 0 Å². The number of para-hydroxylation sites is 1. The molecule has 2 aromatic carbocycles. The molecule has 0 aliphatic rings. The Balaban J connectivity index is 1.86. The van der Waals surface area contributed by atoms with E-state index in [0.717, 1.165) is 15.8 Å². The molecule has 0 radical (unpaired) electrons. The van der Waals surface area contributed by atoms with Crippen molar-refractivity contribution in [1.29, 1.82) is 0 Å². The number of ether oxygens (including phenoxy) is 2. The minimum Gasteiger partial charge on any atom is -0.490 e. The Kier molecular flexibility index (Phi) is 5.86. The van der Waals surface area contributed by atoms with Crippen LogP contribution in [0.1, 0.15) is 5.56 Å². The Hall–Kier alpha value is -1.07. The Morgan fingerprint density at radius 1 is 0.950 bits per heavy atom. The number of alkyl halides is 1. The molecule has 5 heteroatoms. The highest BCUT2D eigenvalue weighted by Gasteiger charge is 2.08. The van der Waals surface area contributed by atoms with Gasteiger partial charge in [0.15, 0.2) is 11.6 Å². The molecule has 0 N–H and O–H groups in total. The zero-order valence-corrected chi connectivity index (χ0v) is 13.8. The minimum absolute atomic E-state index is 0.281. The van der Waals surface area contributed by atoms with Gasteiger partial charge in [-0.05, 0) is 30.3 Å². The van der Waals surface area contributed by atoms with E-state index in [4.69, 9.17) is 9.47 Å². The second-order valence-corrected chi connectivity index (χ2v) is 5.49. The summed E-state index contributed by atoms with van der Waals surface area (Å²) >= 11 is 6.67. The van der Waals surface area contributed by atoms with Crippen LogP contribution in [0.25, 0.3) is 0 Å². The lowest BCUT2D eigenvalue weighted by atomic mass is 10.2. The summed E-state index contributed by atoms with van der Waals surface area (Å²) in [6.07, 6.45) is 0. The summed E-state index contributed by atoms with van der Waals surface area (Å²) in [4.78, 5) is 0. The fourth-order valence-electron chi connectivity index (χ4n) is 1.65. The Bertz CT molecular complexity index is 558. The standard InChI is InChI=1S/C15H13Br2FO2/c16-10-11-2-1-3-14(18)15(11)20-9-8-19-13-6-4-12(17)5-7-13/h1-7H,8-10H2. The van der Waals surface area contributed by atoms with Gasteiger partial charge < -0.3 is 9.47 Å². The van der Waals surface area contributed by atoms with Crippen molar-refractivity contribution in [3.05, 3.63) is 58.3 Å². The van der Waals surface area contributed by atoms with Crippen LogP contribution in [0, 0.1) is 5.82 Å². The summed E-state index contributed by atoms with van der Waals surface area (Å²) in [5.74, 6) is 0.681. The lowest BCUT2D eigenvalue weighted by Crippen LogP contribution is -2.10. The molecule has 0 spiro atoms. The molecule has 20 heavy (non-hydrogen) atoms. The van der Waals surface area contributed by atoms with E-state index in [0.29, 0.717) is 11.9 Å². The number of halogens is 3. The molecular formula is C15H13Br2FO2. The van der Waals surface area contributed by atoms with Gasteiger partial charge in [-0.1, -0.05) is 44.0 Å². The third-order valence-corrected chi connectivity index (χ3v) is 3.74. The van der Waals surface area contributed by atoms with Gasteiger partial charge in [0.1, 0.15) is 19.0 Å². The largest absolute Gasteiger partial charge is 0.490 e. The topological polar surface area (TPSA) is 18.5 Å². The Labute approximate surface area is 134 Å². The van der Waals surface area contributed by atoms with Gasteiger partial charge in [-0.25, -0.2) is 4.39 Å². The molecule has 0 fully saturated rings. The van der Waals surface area contributed by atoms with Gasteiger partial charge in [0.25, 0.3) is 0 Å². The van der Waals surface area contributed by atoms with Crippen molar-refractivity contribution >= 4 is 31.9 Å². The van der Waals surface area contributed by atoms with Gasteiger partial charge in [0.2, 0.25) is 0 Å². The van der Waals surface area contributed by atoms with Crippen molar-refractivity contribution in [3.63, 3.8) is 0 Å². The lowest BCUT2D eigenvalue weighted by Gasteiger charge is -2.11. The van der Waals surface area contributed by atoms with Crippen molar-refractivity contribution in [3.8, 4) is 11.5 Å². The van der Waals surface area contributed by atoms with E-state index in [-0.39, 0.29) is 18.2 Å². The van der Waals surface area contributed by atoms with Crippen LogP contribution in [-0.4, -0.2) is 13.2 Å². The van der Waals surface area contributed by atoms with Gasteiger partial charge in [0.05, 0.1) is 0 Å². The second-order valence-electron chi connectivity index (χ2n) is 4.01. The molecule has 0 saturated heterocycles. The molecule has 2 nitrogen and oxygen atoms in total. The monoisotopic (exact) mass is 402 g/mol. The summed E-state index contributed by atoms with van der Waals surface area (Å²) < 4.78 is 25.6. The number of benzene rings is 2. The van der Waals surface area contributed by atoms with Gasteiger partial charge in [-0.3, -0.25) is 0 Å². The molecule has 0 atom stereocenters. The van der Waals surface area contributed by atoms with E-state index in [1.165, 1.54) is 6.07 Å². The van der Waals surface area contributed by atoms with Crippen LogP contribution < -0.4 is 9.47 Å². The maximum atomic E-state index is 13.6. The average Bonchev–Trinajstić information content (AvgIpc) is 2.46. The van der Waals surface area contributed by atoms with Crippen molar-refractivity contribution in [1.82, 2.24) is 0 Å². The van der Waals surface area contributed by atoms with E-state index >= 15 is 0 Å². The minimum atomic E-state index is -0.356. The fraction of sp³-hybridized carbons (Fsp3) is 0.200. The molecule has 2 aromatic rings. The second kappa shape index (κ2) is 7.64. The molecule has 2 rings (SSSR count). The first-order valence-corrected chi connectivity index (χ1v) is 7.96. The normalized spacial score (nSPS) is 10.3. The maximum absolute atomic E-state index is 13.6. The quantitative estimate of drug-likeness (QED) is 0.502. The first-order valence-electron chi connectivity index (χ1n) is 6.05. The number of hydrogen-bond acceptors (Lipinski definition) is 2.